The van der Waals surface area contributed by atoms with Gasteiger partial charge in [-0.1, -0.05) is 29.8 Å². The van der Waals surface area contributed by atoms with Crippen LogP contribution in [0.4, 0.5) is 8.78 Å². The Morgan fingerprint density at radius 3 is 2.45 bits per heavy atom. The fourth-order valence-electron chi connectivity index (χ4n) is 4.44. The highest BCUT2D eigenvalue weighted by Gasteiger charge is 2.41. The highest BCUT2D eigenvalue weighted by atomic mass is 35.5. The predicted molar refractivity (Wildman–Crippen MR) is 148 cm³/mol. The molecule has 0 aliphatic heterocycles. The van der Waals surface area contributed by atoms with Crippen LogP contribution in [-0.4, -0.2) is 35.2 Å². The van der Waals surface area contributed by atoms with Gasteiger partial charge in [-0.25, -0.2) is 8.78 Å². The summed E-state index contributed by atoms with van der Waals surface area (Å²) in [5, 5.41) is 0.125. The van der Waals surface area contributed by atoms with Gasteiger partial charge < -0.3 is 4.90 Å². The van der Waals surface area contributed by atoms with Crippen LogP contribution in [0.2, 0.25) is 5.02 Å². The second kappa shape index (κ2) is 11.3. The normalized spacial score (nSPS) is 17.4. The number of benzene rings is 2. The molecule has 2 atom stereocenters. The number of rotatable bonds is 7. The summed E-state index contributed by atoms with van der Waals surface area (Å²) >= 11 is 6.53. The first-order valence-corrected chi connectivity index (χ1v) is 12.6. The molecule has 0 radical (unpaired) electrons. The zero-order valence-electron chi connectivity index (χ0n) is 21.6. The van der Waals surface area contributed by atoms with Crippen molar-refractivity contribution in [2.45, 2.75) is 32.1 Å². The Balaban J connectivity index is 1.64. The van der Waals surface area contributed by atoms with Crippen molar-refractivity contribution in [1.29, 1.82) is 0 Å². The number of halogens is 3. The largest absolute Gasteiger partial charge is 0.345 e. The summed E-state index contributed by atoms with van der Waals surface area (Å²) in [5.41, 5.74) is 2.73. The Labute approximate surface area is 225 Å². The van der Waals surface area contributed by atoms with E-state index in [1.807, 2.05) is 6.07 Å². The number of carbonyl (C=O) groups is 1. The summed E-state index contributed by atoms with van der Waals surface area (Å²) in [6.45, 7) is 3.58. The molecule has 1 fully saturated rings. The van der Waals surface area contributed by atoms with Gasteiger partial charge in [-0.3, -0.25) is 19.1 Å². The van der Waals surface area contributed by atoms with E-state index in [1.165, 1.54) is 58.3 Å². The molecule has 8 heteroatoms. The third-order valence-electron chi connectivity index (χ3n) is 6.53. The quantitative estimate of drug-likeness (QED) is 0.322. The third kappa shape index (κ3) is 5.68. The molecule has 196 valence electrons. The highest BCUT2D eigenvalue weighted by molar-refractivity contribution is 6.31. The van der Waals surface area contributed by atoms with E-state index in [4.69, 9.17) is 11.6 Å². The number of pyridine rings is 1. The van der Waals surface area contributed by atoms with Gasteiger partial charge in [-0.15, -0.1) is 0 Å². The molecule has 3 aromatic rings. The number of aliphatic imine (C=N–C) groups is 1. The van der Waals surface area contributed by atoms with Crippen LogP contribution < -0.4 is 5.56 Å². The van der Waals surface area contributed by atoms with E-state index in [1.54, 1.807) is 46.2 Å². The van der Waals surface area contributed by atoms with Crippen LogP contribution in [0.1, 0.15) is 57.9 Å². The molecule has 5 nitrogen and oxygen atoms in total. The molecule has 0 bridgehead atoms. The van der Waals surface area contributed by atoms with Crippen LogP contribution in [0.5, 0.6) is 0 Å². The Bertz CT molecular complexity index is 1520. The molecule has 1 heterocycles. The van der Waals surface area contributed by atoms with Crippen LogP contribution in [0.3, 0.4) is 0 Å². The van der Waals surface area contributed by atoms with E-state index in [2.05, 4.69) is 4.99 Å². The maximum atomic E-state index is 15.0. The SMILES string of the molecule is C/C=C/N=C(/C=C/n1c(C)cc(C2CC2c2ccc(F)cc2)c(Cl)c1=O)c1ccc(C(=O)N(C)C)cc1F. The molecule has 1 amide bonds. The summed E-state index contributed by atoms with van der Waals surface area (Å²) in [5.74, 6) is -0.939. The van der Waals surface area contributed by atoms with E-state index in [9.17, 15) is 14.0 Å². The summed E-state index contributed by atoms with van der Waals surface area (Å²) in [7, 11) is 3.19. The molecule has 1 aromatic heterocycles. The van der Waals surface area contributed by atoms with Gasteiger partial charge in [0.05, 0.1) is 5.71 Å². The molecule has 1 saturated carbocycles. The molecule has 0 saturated heterocycles. The number of allylic oxidation sites excluding steroid dienone is 2. The fraction of sp³-hybridized carbons (Fsp3) is 0.233. The number of aryl methyl sites for hydroxylation is 1. The van der Waals surface area contributed by atoms with Gasteiger partial charge in [0, 0.05) is 43.3 Å². The van der Waals surface area contributed by atoms with Crippen LogP contribution in [0, 0.1) is 18.6 Å². The third-order valence-corrected chi connectivity index (χ3v) is 6.91. The minimum Gasteiger partial charge on any atom is -0.345 e. The Morgan fingerprint density at radius 2 is 1.82 bits per heavy atom. The van der Waals surface area contributed by atoms with E-state index < -0.39 is 5.82 Å². The average molecular weight is 536 g/mol. The number of aromatic nitrogens is 1. The summed E-state index contributed by atoms with van der Waals surface area (Å²) in [4.78, 5) is 31.1. The first-order chi connectivity index (χ1) is 18.1. The standard InChI is InChI=1S/C30H28ClF2N3O2/c1-5-13-34-27(22-11-8-20(16-26(22)33)29(37)35(3)4)12-14-36-18(2)15-25(28(31)30(36)38)24-17-23(24)19-6-9-21(32)10-7-19/h5-16,23-24H,17H2,1-4H3/b13-5+,14-12+,34-27-. The number of hydrogen-bond acceptors (Lipinski definition) is 3. The van der Waals surface area contributed by atoms with Crippen molar-refractivity contribution in [2.75, 3.05) is 14.1 Å². The van der Waals surface area contributed by atoms with Gasteiger partial charge in [0.1, 0.15) is 16.7 Å². The van der Waals surface area contributed by atoms with E-state index in [0.717, 1.165) is 17.5 Å². The maximum Gasteiger partial charge on any atom is 0.273 e. The van der Waals surface area contributed by atoms with Crippen molar-refractivity contribution < 1.29 is 13.6 Å². The minimum absolute atomic E-state index is 0.0855. The van der Waals surface area contributed by atoms with Gasteiger partial charge in [-0.2, -0.15) is 0 Å². The van der Waals surface area contributed by atoms with Crippen molar-refractivity contribution >= 4 is 29.4 Å². The maximum absolute atomic E-state index is 15.0. The molecule has 4 rings (SSSR count). The molecule has 0 N–H and O–H groups in total. The lowest BCUT2D eigenvalue weighted by Gasteiger charge is -2.12. The monoisotopic (exact) mass is 535 g/mol. The lowest BCUT2D eigenvalue weighted by molar-refractivity contribution is 0.0827. The first kappa shape index (κ1) is 27.2. The van der Waals surface area contributed by atoms with Gasteiger partial charge >= 0.3 is 0 Å². The van der Waals surface area contributed by atoms with Crippen molar-refractivity contribution in [1.82, 2.24) is 9.47 Å². The van der Waals surface area contributed by atoms with E-state index in [-0.39, 0.29) is 51.0 Å². The average Bonchev–Trinajstić information content (AvgIpc) is 3.68. The Kier molecular flexibility index (Phi) is 8.07. The molecular formula is C30H28ClF2N3O2. The zero-order valence-corrected chi connectivity index (χ0v) is 22.3. The lowest BCUT2D eigenvalue weighted by Crippen LogP contribution is -2.22. The Morgan fingerprint density at radius 1 is 1.11 bits per heavy atom. The second-order valence-electron chi connectivity index (χ2n) is 9.44. The molecule has 1 aliphatic carbocycles. The van der Waals surface area contributed by atoms with Crippen molar-refractivity contribution in [2.24, 2.45) is 4.99 Å². The number of amides is 1. The van der Waals surface area contributed by atoms with Crippen molar-refractivity contribution in [3.8, 4) is 0 Å². The van der Waals surface area contributed by atoms with Crippen molar-refractivity contribution in [3.63, 3.8) is 0 Å². The lowest BCUT2D eigenvalue weighted by atomic mass is 10.0. The smallest absolute Gasteiger partial charge is 0.273 e. The first-order valence-electron chi connectivity index (χ1n) is 12.2. The number of carbonyl (C=O) groups excluding carboxylic acids is 1. The topological polar surface area (TPSA) is 54.7 Å². The van der Waals surface area contributed by atoms with E-state index in [0.29, 0.717) is 5.69 Å². The summed E-state index contributed by atoms with van der Waals surface area (Å²) < 4.78 is 29.7. The van der Waals surface area contributed by atoms with Crippen molar-refractivity contribution in [3.05, 3.63) is 122 Å². The molecule has 0 spiro atoms. The van der Waals surface area contributed by atoms with Gasteiger partial charge in [0.25, 0.3) is 11.5 Å². The molecule has 2 aromatic carbocycles. The van der Waals surface area contributed by atoms with Crippen LogP contribution in [0.15, 0.2) is 76.7 Å². The number of nitrogens with zero attached hydrogens (tertiary/aromatic N) is 3. The van der Waals surface area contributed by atoms with Gasteiger partial charge in [0.15, 0.2) is 0 Å². The van der Waals surface area contributed by atoms with Crippen LogP contribution in [-0.2, 0) is 0 Å². The van der Waals surface area contributed by atoms with Crippen LogP contribution >= 0.6 is 11.6 Å². The minimum atomic E-state index is -0.608. The number of hydrogen-bond donors (Lipinski definition) is 0. The predicted octanol–water partition coefficient (Wildman–Crippen LogP) is 6.55. The highest BCUT2D eigenvalue weighted by Crippen LogP contribution is 2.55. The molecule has 38 heavy (non-hydrogen) atoms. The zero-order chi connectivity index (χ0) is 27.6. The van der Waals surface area contributed by atoms with Gasteiger partial charge in [-0.05, 0) is 85.7 Å². The van der Waals surface area contributed by atoms with E-state index >= 15 is 4.39 Å². The molecule has 2 unspecified atom stereocenters. The molecule has 1 aliphatic rings. The second-order valence-corrected chi connectivity index (χ2v) is 9.82. The summed E-state index contributed by atoms with van der Waals surface area (Å²) in [6, 6.07) is 12.5. The summed E-state index contributed by atoms with van der Waals surface area (Å²) in [6.07, 6.45) is 7.10. The van der Waals surface area contributed by atoms with Gasteiger partial charge in [0.2, 0.25) is 0 Å². The fourth-order valence-corrected chi connectivity index (χ4v) is 4.72. The van der Waals surface area contributed by atoms with Crippen LogP contribution in [0.25, 0.3) is 6.20 Å². The molecular weight excluding hydrogens is 508 g/mol. The Hall–Kier alpha value is -3.84.